The van der Waals surface area contributed by atoms with Gasteiger partial charge in [0.25, 0.3) is 0 Å². The Hall–Kier alpha value is -0.770. The van der Waals surface area contributed by atoms with E-state index in [1.807, 2.05) is 11.8 Å². The molecule has 2 rings (SSSR count). The van der Waals surface area contributed by atoms with Gasteiger partial charge in [0.05, 0.1) is 0 Å². The number of hydrogen-bond acceptors (Lipinski definition) is 2. The summed E-state index contributed by atoms with van der Waals surface area (Å²) in [5.41, 5.74) is 0. The lowest BCUT2D eigenvalue weighted by atomic mass is 10.0. The lowest BCUT2D eigenvalue weighted by Gasteiger charge is -2.40. The number of amides is 2. The van der Waals surface area contributed by atoms with E-state index >= 15 is 0 Å². The molecule has 0 spiro atoms. The number of likely N-dealkylation sites (tertiary alicyclic amines) is 2. The van der Waals surface area contributed by atoms with Gasteiger partial charge in [-0.3, -0.25) is 0 Å². The van der Waals surface area contributed by atoms with Crippen molar-refractivity contribution in [2.45, 2.75) is 45.1 Å². The highest BCUT2D eigenvalue weighted by molar-refractivity contribution is 5.74. The average molecular weight is 239 g/mol. The van der Waals surface area contributed by atoms with Gasteiger partial charge in [0.2, 0.25) is 0 Å². The molecular formula is C13H25N3O. The fourth-order valence-corrected chi connectivity index (χ4v) is 2.98. The van der Waals surface area contributed by atoms with Gasteiger partial charge in [-0.25, -0.2) is 4.79 Å². The highest BCUT2D eigenvalue weighted by Gasteiger charge is 2.27. The van der Waals surface area contributed by atoms with Crippen LogP contribution in [0.5, 0.6) is 0 Å². The Morgan fingerprint density at radius 1 is 1.12 bits per heavy atom. The van der Waals surface area contributed by atoms with Crippen molar-refractivity contribution in [1.29, 1.82) is 0 Å². The van der Waals surface area contributed by atoms with Crippen LogP contribution in [0.3, 0.4) is 0 Å². The molecule has 0 aromatic rings. The Labute approximate surface area is 104 Å². The maximum absolute atomic E-state index is 11.7. The first-order chi connectivity index (χ1) is 8.31. The minimum absolute atomic E-state index is 0.115. The Morgan fingerprint density at radius 3 is 2.35 bits per heavy atom. The predicted octanol–water partition coefficient (Wildman–Crippen LogP) is 1.67. The standard InChI is InChI=1S/C13H25N3O/c1-2-14-13(17)16-10-6-12(7-11-16)15-8-4-3-5-9-15/h12H,2-11H2,1H3,(H,14,17). The van der Waals surface area contributed by atoms with Gasteiger partial charge < -0.3 is 15.1 Å². The largest absolute Gasteiger partial charge is 0.338 e. The molecule has 4 heteroatoms. The summed E-state index contributed by atoms with van der Waals surface area (Å²) in [6.07, 6.45) is 6.41. The van der Waals surface area contributed by atoms with Gasteiger partial charge in [0.1, 0.15) is 0 Å². The molecule has 1 N–H and O–H groups in total. The van der Waals surface area contributed by atoms with Crippen LogP contribution in [0.2, 0.25) is 0 Å². The normalized spacial score (nSPS) is 23.7. The molecule has 2 aliphatic rings. The molecule has 0 saturated carbocycles. The van der Waals surface area contributed by atoms with Crippen LogP contribution < -0.4 is 5.32 Å². The number of carbonyl (C=O) groups is 1. The van der Waals surface area contributed by atoms with Gasteiger partial charge in [-0.05, 0) is 45.7 Å². The van der Waals surface area contributed by atoms with Gasteiger partial charge >= 0.3 is 6.03 Å². The molecule has 2 saturated heterocycles. The predicted molar refractivity (Wildman–Crippen MR) is 69.1 cm³/mol. The van der Waals surface area contributed by atoms with E-state index in [-0.39, 0.29) is 6.03 Å². The van der Waals surface area contributed by atoms with Crippen molar-refractivity contribution in [1.82, 2.24) is 15.1 Å². The number of nitrogens with one attached hydrogen (secondary N) is 1. The van der Waals surface area contributed by atoms with Crippen molar-refractivity contribution in [3.05, 3.63) is 0 Å². The number of rotatable bonds is 2. The van der Waals surface area contributed by atoms with Gasteiger partial charge in [-0.2, -0.15) is 0 Å². The molecule has 0 aliphatic carbocycles. The number of piperidine rings is 2. The first-order valence-corrected chi connectivity index (χ1v) is 7.08. The van der Waals surface area contributed by atoms with E-state index in [0.717, 1.165) is 38.5 Å². The van der Waals surface area contributed by atoms with Crippen LogP contribution in [-0.2, 0) is 0 Å². The zero-order valence-corrected chi connectivity index (χ0v) is 11.0. The first kappa shape index (κ1) is 12.7. The third-order valence-corrected chi connectivity index (χ3v) is 3.99. The lowest BCUT2D eigenvalue weighted by molar-refractivity contribution is 0.101. The molecule has 0 atom stereocenters. The minimum Gasteiger partial charge on any atom is -0.338 e. The summed E-state index contributed by atoms with van der Waals surface area (Å²) in [7, 11) is 0. The molecule has 0 aromatic carbocycles. The SMILES string of the molecule is CCNC(=O)N1CCC(N2CCCCC2)CC1. The smallest absolute Gasteiger partial charge is 0.317 e. The molecule has 0 unspecified atom stereocenters. The molecule has 2 fully saturated rings. The van der Waals surface area contributed by atoms with E-state index < -0.39 is 0 Å². The fraction of sp³-hybridized carbons (Fsp3) is 0.923. The minimum atomic E-state index is 0.115. The Morgan fingerprint density at radius 2 is 1.76 bits per heavy atom. The molecule has 2 amide bonds. The van der Waals surface area contributed by atoms with E-state index in [2.05, 4.69) is 10.2 Å². The van der Waals surface area contributed by atoms with Crippen LogP contribution in [0.25, 0.3) is 0 Å². The molecule has 98 valence electrons. The first-order valence-electron chi connectivity index (χ1n) is 7.08. The van der Waals surface area contributed by atoms with Crippen molar-refractivity contribution in [3.8, 4) is 0 Å². The number of nitrogens with zero attached hydrogens (tertiary/aromatic N) is 2. The van der Waals surface area contributed by atoms with E-state index in [0.29, 0.717) is 0 Å². The van der Waals surface area contributed by atoms with Crippen LogP contribution in [0.15, 0.2) is 0 Å². The van der Waals surface area contributed by atoms with E-state index in [9.17, 15) is 4.79 Å². The summed E-state index contributed by atoms with van der Waals surface area (Å²) in [5.74, 6) is 0. The molecule has 0 aromatic heterocycles. The summed E-state index contributed by atoms with van der Waals surface area (Å²) < 4.78 is 0. The van der Waals surface area contributed by atoms with Crippen molar-refractivity contribution in [3.63, 3.8) is 0 Å². The highest BCUT2D eigenvalue weighted by Crippen LogP contribution is 2.20. The van der Waals surface area contributed by atoms with Crippen LogP contribution in [-0.4, -0.2) is 54.6 Å². The van der Waals surface area contributed by atoms with E-state index in [1.54, 1.807) is 0 Å². The maximum Gasteiger partial charge on any atom is 0.317 e. The quantitative estimate of drug-likeness (QED) is 0.795. The van der Waals surface area contributed by atoms with Gasteiger partial charge in [0, 0.05) is 25.7 Å². The third-order valence-electron chi connectivity index (χ3n) is 3.99. The molecule has 2 aliphatic heterocycles. The summed E-state index contributed by atoms with van der Waals surface area (Å²) >= 11 is 0. The van der Waals surface area contributed by atoms with Crippen LogP contribution in [0.1, 0.15) is 39.0 Å². The van der Waals surface area contributed by atoms with E-state index in [4.69, 9.17) is 0 Å². The second-order valence-corrected chi connectivity index (χ2v) is 5.15. The second-order valence-electron chi connectivity index (χ2n) is 5.15. The second kappa shape index (κ2) is 6.24. The van der Waals surface area contributed by atoms with Crippen molar-refractivity contribution in [2.75, 3.05) is 32.7 Å². The topological polar surface area (TPSA) is 35.6 Å². The van der Waals surface area contributed by atoms with Crippen LogP contribution in [0.4, 0.5) is 4.79 Å². The van der Waals surface area contributed by atoms with Gasteiger partial charge in [-0.1, -0.05) is 6.42 Å². The molecule has 17 heavy (non-hydrogen) atoms. The summed E-state index contributed by atoms with van der Waals surface area (Å²) in [6, 6.07) is 0.838. The number of carbonyl (C=O) groups excluding carboxylic acids is 1. The summed E-state index contributed by atoms with van der Waals surface area (Å²) in [5, 5.41) is 2.88. The monoisotopic (exact) mass is 239 g/mol. The van der Waals surface area contributed by atoms with Gasteiger partial charge in [0.15, 0.2) is 0 Å². The highest BCUT2D eigenvalue weighted by atomic mass is 16.2. The zero-order valence-electron chi connectivity index (χ0n) is 11.0. The molecular weight excluding hydrogens is 214 g/mol. The number of urea groups is 1. The van der Waals surface area contributed by atoms with Crippen LogP contribution in [0, 0.1) is 0 Å². The molecule has 0 radical (unpaired) electrons. The molecule has 2 heterocycles. The van der Waals surface area contributed by atoms with Crippen molar-refractivity contribution < 1.29 is 4.79 Å². The fourth-order valence-electron chi connectivity index (χ4n) is 2.98. The zero-order chi connectivity index (χ0) is 12.1. The van der Waals surface area contributed by atoms with Crippen molar-refractivity contribution in [2.24, 2.45) is 0 Å². The lowest BCUT2D eigenvalue weighted by Crippen LogP contribution is -2.50. The third kappa shape index (κ3) is 3.35. The number of hydrogen-bond donors (Lipinski definition) is 1. The van der Waals surface area contributed by atoms with E-state index in [1.165, 1.54) is 32.4 Å². The van der Waals surface area contributed by atoms with Crippen LogP contribution >= 0.6 is 0 Å². The Bertz CT molecular complexity index is 243. The summed E-state index contributed by atoms with van der Waals surface area (Å²) in [4.78, 5) is 16.3. The van der Waals surface area contributed by atoms with Gasteiger partial charge in [-0.15, -0.1) is 0 Å². The van der Waals surface area contributed by atoms with Crippen molar-refractivity contribution >= 4 is 6.03 Å². The summed E-state index contributed by atoms with van der Waals surface area (Å²) in [6.45, 7) is 7.08. The average Bonchev–Trinajstić information content (AvgIpc) is 2.40. The Balaban J connectivity index is 1.75. The Kier molecular flexibility index (Phi) is 4.66. The maximum atomic E-state index is 11.7. The molecule has 0 bridgehead atoms. The molecule has 4 nitrogen and oxygen atoms in total.